The maximum Gasteiger partial charge on any atom is 0.277 e. The van der Waals surface area contributed by atoms with Gasteiger partial charge in [-0.25, -0.2) is 4.99 Å². The molecule has 0 atom stereocenters. The van der Waals surface area contributed by atoms with Crippen LogP contribution in [-0.2, 0) is 0 Å². The van der Waals surface area contributed by atoms with Crippen molar-refractivity contribution in [2.45, 2.75) is 6.92 Å². The summed E-state index contributed by atoms with van der Waals surface area (Å²) in [5.41, 5.74) is 3.11. The van der Waals surface area contributed by atoms with Gasteiger partial charge in [0, 0.05) is 21.8 Å². The molecule has 0 aliphatic carbocycles. The van der Waals surface area contributed by atoms with Gasteiger partial charge in [0.2, 0.25) is 0 Å². The lowest BCUT2D eigenvalue weighted by atomic mass is 10.0. The van der Waals surface area contributed by atoms with Crippen molar-refractivity contribution in [1.29, 1.82) is 5.26 Å². The van der Waals surface area contributed by atoms with Crippen molar-refractivity contribution >= 4 is 50.8 Å². The maximum atomic E-state index is 12.8. The first-order chi connectivity index (χ1) is 13.4. The normalized spacial score (nSPS) is 11.2. The molecule has 3 rings (SSSR count). The van der Waals surface area contributed by atoms with Gasteiger partial charge in [-0.3, -0.25) is 9.78 Å². The molecule has 7 heteroatoms. The fourth-order valence-corrected chi connectivity index (χ4v) is 3.05. The number of aliphatic imine (C=N–C) groups is 1. The third-order valence-corrected chi connectivity index (χ3v) is 5.18. The molecule has 1 aromatic heterocycles. The molecule has 0 saturated heterocycles. The van der Waals surface area contributed by atoms with Gasteiger partial charge in [-0.15, -0.1) is 0 Å². The van der Waals surface area contributed by atoms with Gasteiger partial charge in [-0.2, -0.15) is 5.26 Å². The zero-order valence-corrected chi connectivity index (χ0v) is 17.7. The standard InChI is InChI=1S/C21H12BrCl2N3O/c1-12-8-14(2-3-15(12)10-25)21(28)27-20(19-7-5-16(22)11-26-19)13-4-6-17(23)18(24)9-13/h2-9,11H,1H3. The fraction of sp³-hybridized carbons (Fsp3) is 0.0476. The van der Waals surface area contributed by atoms with Crippen LogP contribution in [0, 0.1) is 18.3 Å². The highest BCUT2D eigenvalue weighted by Gasteiger charge is 2.15. The topological polar surface area (TPSA) is 66.1 Å². The van der Waals surface area contributed by atoms with Gasteiger partial charge in [0.05, 0.1) is 27.4 Å². The molecule has 4 nitrogen and oxygen atoms in total. The molecule has 0 radical (unpaired) electrons. The lowest BCUT2D eigenvalue weighted by molar-refractivity contribution is 0.100. The van der Waals surface area contributed by atoms with Gasteiger partial charge in [0.15, 0.2) is 0 Å². The molecule has 0 saturated carbocycles. The summed E-state index contributed by atoms with van der Waals surface area (Å²) in [4.78, 5) is 21.5. The molecule has 0 bridgehead atoms. The van der Waals surface area contributed by atoms with E-state index < -0.39 is 5.91 Å². The molecule has 1 amide bonds. The summed E-state index contributed by atoms with van der Waals surface area (Å²) in [6.45, 7) is 1.77. The number of hydrogen-bond acceptors (Lipinski definition) is 3. The Hall–Kier alpha value is -2.52. The van der Waals surface area contributed by atoms with E-state index in [1.165, 1.54) is 0 Å². The van der Waals surface area contributed by atoms with E-state index in [-0.39, 0.29) is 0 Å². The van der Waals surface area contributed by atoms with Crippen LogP contribution in [-0.4, -0.2) is 16.6 Å². The number of halogens is 3. The van der Waals surface area contributed by atoms with Crippen LogP contribution in [0.5, 0.6) is 0 Å². The summed E-state index contributed by atoms with van der Waals surface area (Å²) in [6, 6.07) is 15.5. The highest BCUT2D eigenvalue weighted by molar-refractivity contribution is 9.10. The number of nitriles is 1. The van der Waals surface area contributed by atoms with E-state index >= 15 is 0 Å². The lowest BCUT2D eigenvalue weighted by Crippen LogP contribution is -2.10. The van der Waals surface area contributed by atoms with Crippen molar-refractivity contribution < 1.29 is 4.79 Å². The van der Waals surface area contributed by atoms with Gasteiger partial charge >= 0.3 is 0 Å². The number of carbonyl (C=O) groups is 1. The van der Waals surface area contributed by atoms with Crippen LogP contribution in [0.4, 0.5) is 0 Å². The Balaban J connectivity index is 2.11. The van der Waals surface area contributed by atoms with Gasteiger partial charge in [-0.05, 0) is 70.9 Å². The molecule has 0 aliphatic heterocycles. The summed E-state index contributed by atoms with van der Waals surface area (Å²) in [6.07, 6.45) is 1.62. The summed E-state index contributed by atoms with van der Waals surface area (Å²) in [7, 11) is 0. The van der Waals surface area contributed by atoms with Crippen LogP contribution in [0.2, 0.25) is 10.0 Å². The van der Waals surface area contributed by atoms with E-state index in [1.54, 1.807) is 55.6 Å². The van der Waals surface area contributed by atoms with Crippen LogP contribution in [0.3, 0.4) is 0 Å². The minimum Gasteiger partial charge on any atom is -0.267 e. The van der Waals surface area contributed by atoms with E-state index in [2.05, 4.69) is 32.0 Å². The predicted molar refractivity (Wildman–Crippen MR) is 114 cm³/mol. The first kappa shape index (κ1) is 20.2. The summed E-state index contributed by atoms with van der Waals surface area (Å²) < 4.78 is 0.804. The van der Waals surface area contributed by atoms with Crippen LogP contribution in [0.25, 0.3) is 0 Å². The minimum absolute atomic E-state index is 0.352. The number of amides is 1. The number of hydrogen-bond donors (Lipinski definition) is 0. The second-order valence-corrected chi connectivity index (χ2v) is 7.63. The van der Waals surface area contributed by atoms with Crippen molar-refractivity contribution in [2.24, 2.45) is 4.99 Å². The summed E-state index contributed by atoms with van der Waals surface area (Å²) >= 11 is 15.5. The van der Waals surface area contributed by atoms with E-state index in [0.717, 1.165) is 4.47 Å². The van der Waals surface area contributed by atoms with E-state index in [9.17, 15) is 4.79 Å². The number of pyridine rings is 1. The third-order valence-electron chi connectivity index (χ3n) is 3.97. The molecule has 138 valence electrons. The van der Waals surface area contributed by atoms with E-state index in [4.69, 9.17) is 28.5 Å². The smallest absolute Gasteiger partial charge is 0.267 e. The highest BCUT2D eigenvalue weighted by Crippen LogP contribution is 2.24. The van der Waals surface area contributed by atoms with Gasteiger partial charge in [0.1, 0.15) is 5.71 Å². The third kappa shape index (κ3) is 4.48. The first-order valence-electron chi connectivity index (χ1n) is 8.10. The molecule has 0 fully saturated rings. The lowest BCUT2D eigenvalue weighted by Gasteiger charge is -2.08. The predicted octanol–water partition coefficient (Wildman–Crippen LogP) is 6.01. The van der Waals surface area contributed by atoms with Gasteiger partial charge in [0.25, 0.3) is 5.91 Å². The van der Waals surface area contributed by atoms with Gasteiger partial charge < -0.3 is 0 Å². The Bertz CT molecular complexity index is 1140. The molecule has 0 aliphatic rings. The minimum atomic E-state index is -0.446. The highest BCUT2D eigenvalue weighted by atomic mass is 79.9. The summed E-state index contributed by atoms with van der Waals surface area (Å²) in [5, 5.41) is 9.82. The van der Waals surface area contributed by atoms with Crippen molar-refractivity contribution in [3.05, 3.63) is 97.2 Å². The van der Waals surface area contributed by atoms with Gasteiger partial charge in [-0.1, -0.05) is 29.3 Å². The van der Waals surface area contributed by atoms with E-state index in [0.29, 0.717) is 43.7 Å². The number of rotatable bonds is 3. The van der Waals surface area contributed by atoms with Crippen molar-refractivity contribution in [3.63, 3.8) is 0 Å². The Morgan fingerprint density at radius 1 is 1.07 bits per heavy atom. The monoisotopic (exact) mass is 471 g/mol. The molecular weight excluding hydrogens is 461 g/mol. The molecule has 28 heavy (non-hydrogen) atoms. The summed E-state index contributed by atoms with van der Waals surface area (Å²) in [5.74, 6) is -0.446. The van der Waals surface area contributed by atoms with Crippen molar-refractivity contribution in [3.8, 4) is 6.07 Å². The van der Waals surface area contributed by atoms with Crippen LogP contribution in [0.1, 0.15) is 32.7 Å². The molecule has 0 N–H and O–H groups in total. The zero-order valence-electron chi connectivity index (χ0n) is 14.6. The Kier molecular flexibility index (Phi) is 6.25. The number of aryl methyl sites for hydroxylation is 1. The Labute approximate surface area is 180 Å². The maximum absolute atomic E-state index is 12.8. The average Bonchev–Trinajstić information content (AvgIpc) is 2.69. The van der Waals surface area contributed by atoms with Crippen molar-refractivity contribution in [1.82, 2.24) is 4.98 Å². The molecule has 0 unspecified atom stereocenters. The largest absolute Gasteiger partial charge is 0.277 e. The number of nitrogens with zero attached hydrogens (tertiary/aromatic N) is 3. The molecule has 1 heterocycles. The first-order valence-corrected chi connectivity index (χ1v) is 9.65. The average molecular weight is 473 g/mol. The van der Waals surface area contributed by atoms with Crippen LogP contribution >= 0.6 is 39.1 Å². The van der Waals surface area contributed by atoms with Crippen LogP contribution in [0.15, 0.2) is 64.2 Å². The second kappa shape index (κ2) is 8.66. The number of carbonyl (C=O) groups excluding carboxylic acids is 1. The fourth-order valence-electron chi connectivity index (χ4n) is 2.52. The number of aromatic nitrogens is 1. The quantitative estimate of drug-likeness (QED) is 0.438. The molecule has 3 aromatic rings. The molecular formula is C21H12BrCl2N3O. The molecule has 0 spiro atoms. The second-order valence-electron chi connectivity index (χ2n) is 5.90. The molecule has 2 aromatic carbocycles. The SMILES string of the molecule is Cc1cc(C(=O)N=C(c2ccc(Cl)c(Cl)c2)c2ccc(Br)cn2)ccc1C#N. The number of benzene rings is 2. The van der Waals surface area contributed by atoms with Crippen molar-refractivity contribution in [2.75, 3.05) is 0 Å². The Morgan fingerprint density at radius 2 is 1.82 bits per heavy atom. The van der Waals surface area contributed by atoms with Crippen LogP contribution < -0.4 is 0 Å². The van der Waals surface area contributed by atoms with E-state index in [1.807, 2.05) is 6.07 Å². The Morgan fingerprint density at radius 3 is 2.43 bits per heavy atom. The zero-order chi connectivity index (χ0) is 20.3.